The minimum absolute atomic E-state index is 0.164. The Bertz CT molecular complexity index is 853. The second-order valence-corrected chi connectivity index (χ2v) is 5.55. The number of rotatable bonds is 4. The summed E-state index contributed by atoms with van der Waals surface area (Å²) in [4.78, 5) is 4.73. The fourth-order valence-corrected chi connectivity index (χ4v) is 2.98. The van der Waals surface area contributed by atoms with Gasteiger partial charge in [0.05, 0.1) is 11.0 Å². The number of fused-ring (bicyclic) bond motifs is 2. The molecule has 1 aliphatic heterocycles. The lowest BCUT2D eigenvalue weighted by molar-refractivity contribution is 0.174. The summed E-state index contributed by atoms with van der Waals surface area (Å²) < 4.78 is 13.1. The van der Waals surface area contributed by atoms with Crippen LogP contribution in [-0.2, 0) is 12.8 Å². The van der Waals surface area contributed by atoms with Crippen LogP contribution in [0.5, 0.6) is 11.5 Å². The molecule has 0 atom stereocenters. The molecule has 5 nitrogen and oxygen atoms in total. The molecule has 0 spiro atoms. The molecule has 0 fully saturated rings. The maximum absolute atomic E-state index is 9.05. The Morgan fingerprint density at radius 3 is 2.57 bits per heavy atom. The van der Waals surface area contributed by atoms with Gasteiger partial charge in [-0.2, -0.15) is 0 Å². The summed E-state index contributed by atoms with van der Waals surface area (Å²) in [7, 11) is 0. The maximum atomic E-state index is 9.05. The van der Waals surface area contributed by atoms with E-state index >= 15 is 0 Å². The highest BCUT2D eigenvalue weighted by Gasteiger charge is 2.19. The third kappa shape index (κ3) is 2.33. The van der Waals surface area contributed by atoms with E-state index < -0.39 is 0 Å². The molecule has 118 valence electrons. The van der Waals surface area contributed by atoms with Crippen LogP contribution in [0.25, 0.3) is 16.7 Å². The number of benzene rings is 2. The van der Waals surface area contributed by atoms with E-state index in [9.17, 15) is 0 Å². The first-order valence-electron chi connectivity index (χ1n) is 7.81. The van der Waals surface area contributed by atoms with E-state index in [1.807, 2.05) is 24.3 Å². The maximum Gasteiger partial charge on any atom is 0.231 e. The molecule has 1 N–H and O–H groups in total. The van der Waals surface area contributed by atoms with Crippen molar-refractivity contribution in [2.75, 3.05) is 13.4 Å². The molecular weight excluding hydrogens is 292 g/mol. The van der Waals surface area contributed by atoms with E-state index in [4.69, 9.17) is 19.6 Å². The summed E-state index contributed by atoms with van der Waals surface area (Å²) >= 11 is 0. The summed E-state index contributed by atoms with van der Waals surface area (Å²) in [6, 6.07) is 12.2. The Hall–Kier alpha value is -2.53. The van der Waals surface area contributed by atoms with E-state index in [-0.39, 0.29) is 13.4 Å². The lowest BCUT2D eigenvalue weighted by atomic mass is 10.1. The van der Waals surface area contributed by atoms with Gasteiger partial charge in [0.25, 0.3) is 0 Å². The van der Waals surface area contributed by atoms with E-state index in [1.165, 1.54) is 0 Å². The van der Waals surface area contributed by atoms with Gasteiger partial charge in [0.1, 0.15) is 5.82 Å². The smallest absolute Gasteiger partial charge is 0.231 e. The lowest BCUT2D eigenvalue weighted by Crippen LogP contribution is -2.00. The van der Waals surface area contributed by atoms with Gasteiger partial charge < -0.3 is 14.6 Å². The number of nitrogens with zero attached hydrogens (tertiary/aromatic N) is 2. The zero-order valence-corrected chi connectivity index (χ0v) is 13.0. The first-order chi connectivity index (χ1) is 11.3. The number of aliphatic hydroxyl groups is 1. The molecule has 0 radical (unpaired) electrons. The van der Waals surface area contributed by atoms with Gasteiger partial charge in [0.15, 0.2) is 11.5 Å². The molecular formula is C18H18N2O3. The van der Waals surface area contributed by atoms with E-state index in [0.29, 0.717) is 6.42 Å². The quantitative estimate of drug-likeness (QED) is 0.805. The highest BCUT2D eigenvalue weighted by Crippen LogP contribution is 2.37. The van der Waals surface area contributed by atoms with Gasteiger partial charge in [-0.25, -0.2) is 4.98 Å². The molecule has 0 bridgehead atoms. The van der Waals surface area contributed by atoms with Crippen LogP contribution in [0.4, 0.5) is 0 Å². The first kappa shape index (κ1) is 14.1. The number of hydrogen-bond donors (Lipinski definition) is 1. The Kier molecular flexibility index (Phi) is 3.42. The molecule has 0 amide bonds. The average molecular weight is 310 g/mol. The molecule has 0 aliphatic carbocycles. The highest BCUT2D eigenvalue weighted by atomic mass is 16.7. The van der Waals surface area contributed by atoms with Crippen molar-refractivity contribution in [1.29, 1.82) is 0 Å². The van der Waals surface area contributed by atoms with Crippen LogP contribution in [0, 0.1) is 0 Å². The van der Waals surface area contributed by atoms with Gasteiger partial charge in [-0.3, -0.25) is 4.57 Å². The zero-order chi connectivity index (χ0) is 15.8. The molecule has 1 aromatic heterocycles. The summed E-state index contributed by atoms with van der Waals surface area (Å²) in [5.41, 5.74) is 4.10. The van der Waals surface area contributed by atoms with Crippen LogP contribution in [0.3, 0.4) is 0 Å². The second kappa shape index (κ2) is 5.59. The molecule has 1 aliphatic rings. The number of aryl methyl sites for hydroxylation is 1. The zero-order valence-electron chi connectivity index (χ0n) is 13.0. The first-order valence-corrected chi connectivity index (χ1v) is 7.81. The van der Waals surface area contributed by atoms with Gasteiger partial charge in [0.2, 0.25) is 6.79 Å². The van der Waals surface area contributed by atoms with Crippen molar-refractivity contribution in [3.05, 3.63) is 47.8 Å². The third-order valence-electron chi connectivity index (χ3n) is 4.13. The molecule has 2 heterocycles. The van der Waals surface area contributed by atoms with E-state index in [1.54, 1.807) is 0 Å². The van der Waals surface area contributed by atoms with Gasteiger partial charge in [0, 0.05) is 30.8 Å². The average Bonchev–Trinajstić information content (AvgIpc) is 3.16. The van der Waals surface area contributed by atoms with Crippen molar-refractivity contribution < 1.29 is 14.6 Å². The molecule has 0 saturated carbocycles. The standard InChI is InChI=1S/C18H18N2O3/c1-2-18-19-14-9-16-17(23-11-22-16)10-15(14)20(18)13-5-3-12(4-6-13)7-8-21/h3-6,9-10,21H,2,7-8,11H2,1H3. The fourth-order valence-electron chi connectivity index (χ4n) is 2.98. The summed E-state index contributed by atoms with van der Waals surface area (Å²) in [6.07, 6.45) is 1.50. The Morgan fingerprint density at radius 2 is 1.87 bits per heavy atom. The second-order valence-electron chi connectivity index (χ2n) is 5.55. The number of aromatic nitrogens is 2. The largest absolute Gasteiger partial charge is 0.454 e. The molecule has 0 saturated heterocycles. The van der Waals surface area contributed by atoms with Crippen LogP contribution in [0.2, 0.25) is 0 Å². The minimum Gasteiger partial charge on any atom is -0.454 e. The third-order valence-corrected chi connectivity index (χ3v) is 4.13. The molecule has 3 aromatic rings. The van der Waals surface area contributed by atoms with Crippen LogP contribution in [0.1, 0.15) is 18.3 Å². The normalized spacial score (nSPS) is 13.0. The predicted octanol–water partition coefficient (Wildman–Crippen LogP) is 2.85. The van der Waals surface area contributed by atoms with Crippen molar-refractivity contribution in [2.24, 2.45) is 0 Å². The van der Waals surface area contributed by atoms with Crippen molar-refractivity contribution in [2.45, 2.75) is 19.8 Å². The molecule has 5 heteroatoms. The van der Waals surface area contributed by atoms with Crippen LogP contribution in [0.15, 0.2) is 36.4 Å². The molecule has 2 aromatic carbocycles. The van der Waals surface area contributed by atoms with Gasteiger partial charge in [-0.15, -0.1) is 0 Å². The number of imidazole rings is 1. The predicted molar refractivity (Wildman–Crippen MR) is 87.4 cm³/mol. The fraction of sp³-hybridized carbons (Fsp3) is 0.278. The van der Waals surface area contributed by atoms with Crippen LogP contribution in [-0.4, -0.2) is 28.1 Å². The summed E-state index contributed by atoms with van der Waals surface area (Å²) in [5.74, 6) is 2.51. The number of aliphatic hydroxyl groups excluding tert-OH is 1. The van der Waals surface area contributed by atoms with Gasteiger partial charge in [-0.05, 0) is 24.1 Å². The summed E-state index contributed by atoms with van der Waals surface area (Å²) in [5, 5.41) is 9.05. The highest BCUT2D eigenvalue weighted by molar-refractivity contribution is 5.82. The molecule has 4 rings (SSSR count). The molecule has 0 unspecified atom stereocenters. The topological polar surface area (TPSA) is 56.5 Å². The van der Waals surface area contributed by atoms with Crippen LogP contribution >= 0.6 is 0 Å². The Balaban J connectivity index is 1.87. The number of hydrogen-bond acceptors (Lipinski definition) is 4. The van der Waals surface area contributed by atoms with Crippen molar-refractivity contribution >= 4 is 11.0 Å². The van der Waals surface area contributed by atoms with Crippen molar-refractivity contribution in [1.82, 2.24) is 9.55 Å². The van der Waals surface area contributed by atoms with Gasteiger partial charge >= 0.3 is 0 Å². The van der Waals surface area contributed by atoms with E-state index in [0.717, 1.165) is 46.0 Å². The van der Waals surface area contributed by atoms with Crippen LogP contribution < -0.4 is 9.47 Å². The minimum atomic E-state index is 0.164. The Morgan fingerprint density at radius 1 is 1.13 bits per heavy atom. The SMILES string of the molecule is CCc1nc2cc3c(cc2n1-c1ccc(CCO)cc1)OCO3. The monoisotopic (exact) mass is 310 g/mol. The summed E-state index contributed by atoms with van der Waals surface area (Å²) in [6.45, 7) is 2.52. The molecule has 23 heavy (non-hydrogen) atoms. The lowest BCUT2D eigenvalue weighted by Gasteiger charge is -2.09. The van der Waals surface area contributed by atoms with Gasteiger partial charge in [-0.1, -0.05) is 19.1 Å². The van der Waals surface area contributed by atoms with E-state index in [2.05, 4.69) is 23.6 Å². The van der Waals surface area contributed by atoms with Crippen molar-refractivity contribution in [3.63, 3.8) is 0 Å². The van der Waals surface area contributed by atoms with Crippen molar-refractivity contribution in [3.8, 4) is 17.2 Å². The number of ether oxygens (including phenoxy) is 2. The Labute approximate surface area is 134 Å².